The maximum Gasteiger partial charge on any atom is 0.122 e. The van der Waals surface area contributed by atoms with E-state index in [1.54, 1.807) is 14.2 Å². The molecular weight excluding hydrogens is 274 g/mol. The van der Waals surface area contributed by atoms with Crippen LogP contribution in [0.1, 0.15) is 34.6 Å². The van der Waals surface area contributed by atoms with Crippen molar-refractivity contribution in [2.75, 3.05) is 20.8 Å². The van der Waals surface area contributed by atoms with Gasteiger partial charge >= 0.3 is 0 Å². The molecule has 2 N–H and O–H groups in total. The summed E-state index contributed by atoms with van der Waals surface area (Å²) in [6.07, 6.45) is 0.889. The van der Waals surface area contributed by atoms with Crippen molar-refractivity contribution in [1.82, 2.24) is 0 Å². The molecule has 22 heavy (non-hydrogen) atoms. The summed E-state index contributed by atoms with van der Waals surface area (Å²) in [5.74, 6) is 1.86. The van der Waals surface area contributed by atoms with Crippen LogP contribution in [0.2, 0.25) is 0 Å². The lowest BCUT2D eigenvalue weighted by atomic mass is 9.85. The Kier molecular flexibility index (Phi) is 5.45. The summed E-state index contributed by atoms with van der Waals surface area (Å²) in [5, 5.41) is 0. The van der Waals surface area contributed by atoms with E-state index in [9.17, 15) is 0 Å². The van der Waals surface area contributed by atoms with E-state index >= 15 is 0 Å². The number of aryl methyl sites for hydroxylation is 2. The summed E-state index contributed by atoms with van der Waals surface area (Å²) < 4.78 is 10.8. The number of hydrogen-bond acceptors (Lipinski definition) is 3. The second kappa shape index (κ2) is 7.32. The predicted molar refractivity (Wildman–Crippen MR) is 91.0 cm³/mol. The Labute approximate surface area is 133 Å². The Hall–Kier alpha value is -2.00. The van der Waals surface area contributed by atoms with Crippen LogP contribution in [0, 0.1) is 13.8 Å². The smallest absolute Gasteiger partial charge is 0.122 e. The molecule has 3 heteroatoms. The van der Waals surface area contributed by atoms with Gasteiger partial charge in [-0.1, -0.05) is 23.8 Å². The fraction of sp³-hybridized carbons (Fsp3) is 0.368. The predicted octanol–water partition coefficient (Wildman–Crippen LogP) is 3.80. The molecule has 0 aliphatic heterocycles. The van der Waals surface area contributed by atoms with E-state index in [-0.39, 0.29) is 5.92 Å². The van der Waals surface area contributed by atoms with Gasteiger partial charge in [-0.2, -0.15) is 0 Å². The first kappa shape index (κ1) is 16.4. The normalized spacial score (nSPS) is 12.0. The fourth-order valence-corrected chi connectivity index (χ4v) is 2.83. The van der Waals surface area contributed by atoms with Crippen LogP contribution in [0.5, 0.6) is 11.5 Å². The van der Waals surface area contributed by atoms with Gasteiger partial charge in [0.1, 0.15) is 11.5 Å². The third-order valence-electron chi connectivity index (χ3n) is 4.04. The van der Waals surface area contributed by atoms with Crippen LogP contribution in [0.3, 0.4) is 0 Å². The molecule has 0 heterocycles. The van der Waals surface area contributed by atoms with E-state index in [4.69, 9.17) is 15.2 Å². The second-order valence-electron chi connectivity index (χ2n) is 5.64. The summed E-state index contributed by atoms with van der Waals surface area (Å²) in [5.41, 5.74) is 10.9. The molecule has 2 aromatic rings. The van der Waals surface area contributed by atoms with Crippen molar-refractivity contribution in [3.8, 4) is 11.5 Å². The van der Waals surface area contributed by atoms with Crippen LogP contribution in [-0.2, 0) is 0 Å². The first-order chi connectivity index (χ1) is 10.6. The Balaban J connectivity index is 2.54. The maximum atomic E-state index is 5.87. The molecule has 0 radical (unpaired) electrons. The molecule has 0 saturated heterocycles. The molecule has 3 nitrogen and oxygen atoms in total. The quantitative estimate of drug-likeness (QED) is 0.882. The van der Waals surface area contributed by atoms with Gasteiger partial charge in [-0.25, -0.2) is 0 Å². The average Bonchev–Trinajstić information content (AvgIpc) is 2.54. The van der Waals surface area contributed by atoms with Crippen LogP contribution in [0.15, 0.2) is 36.4 Å². The number of rotatable bonds is 6. The molecule has 0 spiro atoms. The zero-order valence-corrected chi connectivity index (χ0v) is 13.8. The number of methoxy groups -OCH3 is 2. The Bertz CT molecular complexity index is 615. The van der Waals surface area contributed by atoms with E-state index in [2.05, 4.69) is 44.2 Å². The standard InChI is InChI=1S/C19H25NO2/c1-13-5-6-14(2)19(9-13)18(7-8-20)15-10-16(21-3)12-17(11-15)22-4/h5-6,9-12,18H,7-8,20H2,1-4H3. The zero-order valence-electron chi connectivity index (χ0n) is 13.8. The molecule has 0 amide bonds. The van der Waals surface area contributed by atoms with E-state index in [0.717, 1.165) is 17.9 Å². The number of hydrogen-bond donors (Lipinski definition) is 1. The zero-order chi connectivity index (χ0) is 16.1. The van der Waals surface area contributed by atoms with Crippen LogP contribution in [0.25, 0.3) is 0 Å². The lowest BCUT2D eigenvalue weighted by Gasteiger charge is -2.21. The summed E-state index contributed by atoms with van der Waals surface area (Å²) in [6.45, 7) is 4.90. The monoisotopic (exact) mass is 299 g/mol. The Morgan fingerprint density at radius 2 is 1.59 bits per heavy atom. The van der Waals surface area contributed by atoms with Gasteiger partial charge in [0.25, 0.3) is 0 Å². The minimum Gasteiger partial charge on any atom is -0.497 e. The summed E-state index contributed by atoms with van der Waals surface area (Å²) in [4.78, 5) is 0. The van der Waals surface area contributed by atoms with Gasteiger partial charge in [-0.15, -0.1) is 0 Å². The SMILES string of the molecule is COc1cc(OC)cc(C(CCN)c2cc(C)ccc2C)c1. The fourth-order valence-electron chi connectivity index (χ4n) is 2.83. The molecule has 2 aromatic carbocycles. The number of nitrogens with two attached hydrogens (primary N) is 1. The molecule has 118 valence electrons. The molecule has 0 aliphatic rings. The molecule has 1 atom stereocenters. The lowest BCUT2D eigenvalue weighted by molar-refractivity contribution is 0.393. The number of benzene rings is 2. The summed E-state index contributed by atoms with van der Waals surface area (Å²) in [7, 11) is 3.35. The average molecular weight is 299 g/mol. The van der Waals surface area contributed by atoms with Crippen molar-refractivity contribution in [3.63, 3.8) is 0 Å². The van der Waals surface area contributed by atoms with Crippen molar-refractivity contribution in [3.05, 3.63) is 58.7 Å². The third-order valence-corrected chi connectivity index (χ3v) is 4.04. The van der Waals surface area contributed by atoms with Gasteiger partial charge in [-0.05, 0) is 55.6 Å². The van der Waals surface area contributed by atoms with Gasteiger partial charge in [0, 0.05) is 12.0 Å². The van der Waals surface area contributed by atoms with Gasteiger partial charge in [0.15, 0.2) is 0 Å². The summed E-state index contributed by atoms with van der Waals surface area (Å²) >= 11 is 0. The highest BCUT2D eigenvalue weighted by atomic mass is 16.5. The lowest BCUT2D eigenvalue weighted by Crippen LogP contribution is -2.10. The van der Waals surface area contributed by atoms with Crippen LogP contribution in [-0.4, -0.2) is 20.8 Å². The third kappa shape index (κ3) is 3.60. The molecule has 1 unspecified atom stereocenters. The van der Waals surface area contributed by atoms with Crippen LogP contribution in [0.4, 0.5) is 0 Å². The van der Waals surface area contributed by atoms with E-state index in [0.29, 0.717) is 6.54 Å². The van der Waals surface area contributed by atoms with Crippen molar-refractivity contribution >= 4 is 0 Å². The highest BCUT2D eigenvalue weighted by molar-refractivity contribution is 5.45. The highest BCUT2D eigenvalue weighted by Gasteiger charge is 2.18. The Morgan fingerprint density at radius 1 is 0.955 bits per heavy atom. The van der Waals surface area contributed by atoms with Crippen molar-refractivity contribution in [2.24, 2.45) is 5.73 Å². The van der Waals surface area contributed by atoms with Crippen LogP contribution >= 0.6 is 0 Å². The molecule has 0 bridgehead atoms. The highest BCUT2D eigenvalue weighted by Crippen LogP contribution is 2.35. The van der Waals surface area contributed by atoms with E-state index in [1.165, 1.54) is 22.3 Å². The van der Waals surface area contributed by atoms with E-state index in [1.807, 2.05) is 6.07 Å². The molecular formula is C19H25NO2. The van der Waals surface area contributed by atoms with Crippen LogP contribution < -0.4 is 15.2 Å². The molecule has 0 fully saturated rings. The minimum atomic E-state index is 0.244. The first-order valence-corrected chi connectivity index (χ1v) is 7.59. The van der Waals surface area contributed by atoms with E-state index < -0.39 is 0 Å². The second-order valence-corrected chi connectivity index (χ2v) is 5.64. The molecule has 2 rings (SSSR count). The van der Waals surface area contributed by atoms with Gasteiger partial charge < -0.3 is 15.2 Å². The van der Waals surface area contributed by atoms with Crippen molar-refractivity contribution < 1.29 is 9.47 Å². The topological polar surface area (TPSA) is 44.5 Å². The maximum absolute atomic E-state index is 5.87. The van der Waals surface area contributed by atoms with Crippen molar-refractivity contribution in [2.45, 2.75) is 26.2 Å². The molecule has 0 saturated carbocycles. The molecule has 0 aliphatic carbocycles. The summed E-state index contributed by atoms with van der Waals surface area (Å²) in [6, 6.07) is 12.6. The van der Waals surface area contributed by atoms with Crippen molar-refractivity contribution in [1.29, 1.82) is 0 Å². The van der Waals surface area contributed by atoms with Gasteiger partial charge in [0.05, 0.1) is 14.2 Å². The van der Waals surface area contributed by atoms with Gasteiger partial charge in [0.2, 0.25) is 0 Å². The molecule has 0 aromatic heterocycles. The minimum absolute atomic E-state index is 0.244. The Morgan fingerprint density at radius 3 is 2.14 bits per heavy atom. The first-order valence-electron chi connectivity index (χ1n) is 7.59. The largest absolute Gasteiger partial charge is 0.497 e. The van der Waals surface area contributed by atoms with Gasteiger partial charge in [-0.3, -0.25) is 0 Å². The number of ether oxygens (including phenoxy) is 2.